The van der Waals surface area contributed by atoms with Crippen LogP contribution in [0.5, 0.6) is 0 Å². The van der Waals surface area contributed by atoms with E-state index in [0.29, 0.717) is 17.7 Å². The second-order valence-electron chi connectivity index (χ2n) is 4.80. The summed E-state index contributed by atoms with van der Waals surface area (Å²) in [4.78, 5) is 26.7. The van der Waals surface area contributed by atoms with Gasteiger partial charge in [0.1, 0.15) is 0 Å². The van der Waals surface area contributed by atoms with Crippen LogP contribution in [0.4, 0.5) is 5.69 Å². The van der Waals surface area contributed by atoms with E-state index in [-0.39, 0.29) is 12.3 Å². The Bertz CT molecular complexity index is 668. The average molecular weight is 284 g/mol. The second-order valence-corrected chi connectivity index (χ2v) is 4.80. The van der Waals surface area contributed by atoms with Crippen LogP contribution in [-0.4, -0.2) is 22.0 Å². The lowest BCUT2D eigenvalue weighted by atomic mass is 10.1. The van der Waals surface area contributed by atoms with Gasteiger partial charge in [-0.2, -0.15) is 0 Å². The van der Waals surface area contributed by atoms with Gasteiger partial charge in [-0.25, -0.2) is 0 Å². The molecule has 1 aromatic heterocycles. The van der Waals surface area contributed by atoms with Crippen LogP contribution in [0.25, 0.3) is 0 Å². The van der Waals surface area contributed by atoms with Crippen LogP contribution in [0, 0.1) is 6.92 Å². The van der Waals surface area contributed by atoms with Crippen molar-refractivity contribution in [3.05, 3.63) is 59.4 Å². The quantitative estimate of drug-likeness (QED) is 0.884. The summed E-state index contributed by atoms with van der Waals surface area (Å²) in [6.45, 7) is 1.87. The predicted molar refractivity (Wildman–Crippen MR) is 79.3 cm³/mol. The molecule has 0 spiro atoms. The summed E-state index contributed by atoms with van der Waals surface area (Å²) in [6.07, 6.45) is 3.70. The van der Waals surface area contributed by atoms with Gasteiger partial charge in [-0.3, -0.25) is 14.6 Å². The Morgan fingerprint density at radius 2 is 2.05 bits per heavy atom. The Morgan fingerprint density at radius 1 is 1.24 bits per heavy atom. The Labute approximate surface area is 122 Å². The second kappa shape index (κ2) is 6.65. The molecule has 5 heteroatoms. The Morgan fingerprint density at radius 3 is 2.76 bits per heavy atom. The molecule has 0 bridgehead atoms. The van der Waals surface area contributed by atoms with E-state index in [1.165, 1.54) is 6.20 Å². The van der Waals surface area contributed by atoms with E-state index in [2.05, 4.69) is 10.3 Å². The maximum atomic E-state index is 12.1. The molecule has 0 saturated heterocycles. The normalized spacial score (nSPS) is 10.1. The van der Waals surface area contributed by atoms with E-state index >= 15 is 0 Å². The molecule has 108 valence electrons. The zero-order valence-electron chi connectivity index (χ0n) is 11.7. The minimum Gasteiger partial charge on any atom is -0.481 e. The van der Waals surface area contributed by atoms with Crippen molar-refractivity contribution in [1.82, 2.24) is 4.98 Å². The van der Waals surface area contributed by atoms with Gasteiger partial charge < -0.3 is 10.4 Å². The lowest BCUT2D eigenvalue weighted by molar-refractivity contribution is -0.136. The summed E-state index contributed by atoms with van der Waals surface area (Å²) >= 11 is 0. The minimum atomic E-state index is -0.838. The van der Waals surface area contributed by atoms with Crippen LogP contribution >= 0.6 is 0 Å². The van der Waals surface area contributed by atoms with Gasteiger partial charge in [0.05, 0.1) is 5.56 Å². The summed E-state index contributed by atoms with van der Waals surface area (Å²) in [7, 11) is 0. The molecule has 2 rings (SSSR count). The van der Waals surface area contributed by atoms with E-state index in [1.54, 1.807) is 30.5 Å². The van der Waals surface area contributed by atoms with Gasteiger partial charge >= 0.3 is 5.97 Å². The number of benzene rings is 1. The highest BCUT2D eigenvalue weighted by molar-refractivity contribution is 6.04. The number of nitrogens with zero attached hydrogens (tertiary/aromatic N) is 1. The third-order valence-corrected chi connectivity index (χ3v) is 2.95. The zero-order valence-corrected chi connectivity index (χ0v) is 11.7. The Balaban J connectivity index is 2.07. The fourth-order valence-electron chi connectivity index (χ4n) is 1.94. The van der Waals surface area contributed by atoms with E-state index < -0.39 is 5.97 Å². The molecule has 0 unspecified atom stereocenters. The monoisotopic (exact) mass is 284 g/mol. The van der Waals surface area contributed by atoms with E-state index in [0.717, 1.165) is 11.1 Å². The third-order valence-electron chi connectivity index (χ3n) is 2.95. The van der Waals surface area contributed by atoms with Crippen molar-refractivity contribution < 1.29 is 14.7 Å². The van der Waals surface area contributed by atoms with Crippen LogP contribution in [0.2, 0.25) is 0 Å². The third kappa shape index (κ3) is 4.42. The van der Waals surface area contributed by atoms with Gasteiger partial charge in [0, 0.05) is 24.5 Å². The predicted octanol–water partition coefficient (Wildman–Crippen LogP) is 2.66. The smallest absolute Gasteiger partial charge is 0.303 e. The maximum Gasteiger partial charge on any atom is 0.303 e. The highest BCUT2D eigenvalue weighted by Crippen LogP contribution is 2.14. The molecule has 2 N–H and O–H groups in total. The van der Waals surface area contributed by atoms with Gasteiger partial charge in [-0.05, 0) is 42.7 Å². The van der Waals surface area contributed by atoms with E-state index in [4.69, 9.17) is 5.11 Å². The molecule has 2 aromatic rings. The van der Waals surface area contributed by atoms with Gasteiger partial charge in [-0.1, -0.05) is 12.1 Å². The van der Waals surface area contributed by atoms with Crippen molar-refractivity contribution in [1.29, 1.82) is 0 Å². The molecule has 1 aromatic carbocycles. The Hall–Kier alpha value is -2.69. The number of amides is 1. The number of hydrogen-bond donors (Lipinski definition) is 2. The van der Waals surface area contributed by atoms with Crippen molar-refractivity contribution in [2.75, 3.05) is 5.32 Å². The minimum absolute atomic E-state index is 0.0687. The molecule has 0 aliphatic carbocycles. The van der Waals surface area contributed by atoms with Crippen LogP contribution in [0.1, 0.15) is 27.9 Å². The molecule has 0 atom stereocenters. The largest absolute Gasteiger partial charge is 0.481 e. The molecule has 0 aliphatic rings. The zero-order chi connectivity index (χ0) is 15.2. The standard InChI is InChI=1S/C16H16N2O3/c1-11-7-13(10-17-9-11)16(21)18-14-4-2-3-12(8-14)5-6-15(19)20/h2-4,7-10H,5-6H2,1H3,(H,18,21)(H,19,20). The van der Waals surface area contributed by atoms with Crippen LogP contribution in [0.3, 0.4) is 0 Å². The number of carboxylic acid groups (broad SMARTS) is 1. The summed E-state index contributed by atoms with van der Waals surface area (Å²) in [6, 6.07) is 8.94. The fraction of sp³-hybridized carbons (Fsp3) is 0.188. The van der Waals surface area contributed by atoms with Crippen LogP contribution in [-0.2, 0) is 11.2 Å². The number of aromatic nitrogens is 1. The highest BCUT2D eigenvalue weighted by Gasteiger charge is 2.07. The average Bonchev–Trinajstić information content (AvgIpc) is 2.45. The van der Waals surface area contributed by atoms with Crippen LogP contribution < -0.4 is 5.32 Å². The van der Waals surface area contributed by atoms with Crippen molar-refractivity contribution >= 4 is 17.6 Å². The highest BCUT2D eigenvalue weighted by atomic mass is 16.4. The first-order valence-electron chi connectivity index (χ1n) is 6.58. The van der Waals surface area contributed by atoms with E-state index in [1.807, 2.05) is 13.0 Å². The van der Waals surface area contributed by atoms with Gasteiger partial charge in [0.2, 0.25) is 0 Å². The van der Waals surface area contributed by atoms with Gasteiger partial charge in [-0.15, -0.1) is 0 Å². The number of pyridine rings is 1. The van der Waals surface area contributed by atoms with Gasteiger partial charge in [0.25, 0.3) is 5.91 Å². The van der Waals surface area contributed by atoms with Crippen molar-refractivity contribution in [2.45, 2.75) is 19.8 Å². The summed E-state index contributed by atoms with van der Waals surface area (Å²) < 4.78 is 0. The van der Waals surface area contributed by atoms with Crippen molar-refractivity contribution in [2.24, 2.45) is 0 Å². The summed E-state index contributed by atoms with van der Waals surface area (Å²) in [5, 5.41) is 11.5. The number of aliphatic carboxylic acids is 1. The van der Waals surface area contributed by atoms with Crippen molar-refractivity contribution in [3.8, 4) is 0 Å². The first kappa shape index (κ1) is 14.7. The number of carbonyl (C=O) groups excluding carboxylic acids is 1. The van der Waals surface area contributed by atoms with Crippen molar-refractivity contribution in [3.63, 3.8) is 0 Å². The molecule has 0 aliphatic heterocycles. The molecule has 0 saturated carbocycles. The Kier molecular flexibility index (Phi) is 4.66. The number of aryl methyl sites for hydroxylation is 2. The van der Waals surface area contributed by atoms with Gasteiger partial charge in [0.15, 0.2) is 0 Å². The first-order chi connectivity index (χ1) is 10.0. The lowest BCUT2D eigenvalue weighted by Gasteiger charge is -2.07. The maximum absolute atomic E-state index is 12.1. The van der Waals surface area contributed by atoms with Crippen LogP contribution in [0.15, 0.2) is 42.7 Å². The molecule has 1 amide bonds. The molecule has 5 nitrogen and oxygen atoms in total. The molecule has 0 fully saturated rings. The fourth-order valence-corrected chi connectivity index (χ4v) is 1.94. The number of hydrogen-bond acceptors (Lipinski definition) is 3. The molecule has 21 heavy (non-hydrogen) atoms. The lowest BCUT2D eigenvalue weighted by Crippen LogP contribution is -2.12. The number of rotatable bonds is 5. The molecule has 1 heterocycles. The molecular formula is C16H16N2O3. The number of carboxylic acids is 1. The van der Waals surface area contributed by atoms with E-state index in [9.17, 15) is 9.59 Å². The molecular weight excluding hydrogens is 268 g/mol. The number of carbonyl (C=O) groups is 2. The summed E-state index contributed by atoms with van der Waals surface area (Å²) in [5.41, 5.74) is 2.92. The number of nitrogens with one attached hydrogen (secondary N) is 1. The SMILES string of the molecule is Cc1cncc(C(=O)Nc2cccc(CCC(=O)O)c2)c1. The summed E-state index contributed by atoms with van der Waals surface area (Å²) in [5.74, 6) is -1.07. The first-order valence-corrected chi connectivity index (χ1v) is 6.58. The topological polar surface area (TPSA) is 79.3 Å². The molecule has 0 radical (unpaired) electrons. The number of anilines is 1.